The number of hydrogen-bond donors (Lipinski definition) is 2. The molecule has 0 radical (unpaired) electrons. The number of aromatic amines is 1. The summed E-state index contributed by atoms with van der Waals surface area (Å²) in [6, 6.07) is 21.1. The van der Waals surface area contributed by atoms with E-state index in [4.69, 9.17) is 14.9 Å². The molecule has 0 bridgehead atoms. The first-order valence-electron chi connectivity index (χ1n) is 20.8. The Balaban J connectivity index is 1.31. The van der Waals surface area contributed by atoms with Crippen molar-refractivity contribution in [1.29, 1.82) is 0 Å². The topological polar surface area (TPSA) is 125 Å². The van der Waals surface area contributed by atoms with Gasteiger partial charge in [-0.2, -0.15) is 4.98 Å². The molecule has 0 fully saturated rings. The van der Waals surface area contributed by atoms with E-state index >= 15 is 0 Å². The summed E-state index contributed by atoms with van der Waals surface area (Å²) in [4.78, 5) is 37.8. The van der Waals surface area contributed by atoms with Gasteiger partial charge < -0.3 is 19.9 Å². The van der Waals surface area contributed by atoms with Gasteiger partial charge in [-0.1, -0.05) is 178 Å². The second-order valence-corrected chi connectivity index (χ2v) is 20.3. The minimum Gasteiger partial charge on any atom is -0.465 e. The van der Waals surface area contributed by atoms with Gasteiger partial charge in [-0.15, -0.1) is 0 Å². The van der Waals surface area contributed by atoms with Crippen molar-refractivity contribution in [3.63, 3.8) is 0 Å². The Labute approximate surface area is 325 Å². The first-order valence-corrected chi connectivity index (χ1v) is 22.7. The third kappa shape index (κ3) is 12.7. The molecule has 10 heteroatoms. The van der Waals surface area contributed by atoms with E-state index in [-0.39, 0.29) is 47.2 Å². The summed E-state index contributed by atoms with van der Waals surface area (Å²) < 4.78 is 14.5. The fourth-order valence-electron chi connectivity index (χ4n) is 7.66. The van der Waals surface area contributed by atoms with Crippen LogP contribution in [-0.2, 0) is 20.5 Å². The number of nitrogens with two attached hydrogens (primary N) is 1. The SMILES string of the molecule is CCCCCCCCCCCCCCCCCC(=O)OCC(CCO[Si](c1ccccc1)(c1ccccc1)C(C)(C)C)Cn1c(N)nc2nc[nH]c2c1=O. The number of fused-ring (bicyclic) bond motifs is 1. The lowest BCUT2D eigenvalue weighted by molar-refractivity contribution is -0.145. The van der Waals surface area contributed by atoms with Gasteiger partial charge in [0, 0.05) is 25.5 Å². The van der Waals surface area contributed by atoms with Crippen molar-refractivity contribution < 1.29 is 14.0 Å². The van der Waals surface area contributed by atoms with Gasteiger partial charge in [-0.25, -0.2) is 4.98 Å². The van der Waals surface area contributed by atoms with Crippen LogP contribution in [0.25, 0.3) is 11.2 Å². The second-order valence-electron chi connectivity index (χ2n) is 16.0. The third-order valence-electron chi connectivity index (χ3n) is 10.7. The molecule has 0 saturated heterocycles. The molecular weight excluding hydrogens is 691 g/mol. The molecule has 4 aromatic rings. The number of hydrogen-bond acceptors (Lipinski definition) is 7. The molecule has 296 valence electrons. The number of nitrogen functional groups attached to an aromatic ring is 1. The highest BCUT2D eigenvalue weighted by molar-refractivity contribution is 6.99. The monoisotopic (exact) mass is 757 g/mol. The largest absolute Gasteiger partial charge is 0.465 e. The van der Waals surface area contributed by atoms with Gasteiger partial charge >= 0.3 is 5.97 Å². The van der Waals surface area contributed by atoms with E-state index < -0.39 is 8.32 Å². The summed E-state index contributed by atoms with van der Waals surface area (Å²) in [5, 5.41) is 2.22. The van der Waals surface area contributed by atoms with Crippen LogP contribution in [0.3, 0.4) is 0 Å². The third-order valence-corrected chi connectivity index (χ3v) is 15.8. The van der Waals surface area contributed by atoms with Crippen LogP contribution >= 0.6 is 0 Å². The molecule has 0 spiro atoms. The van der Waals surface area contributed by atoms with Crippen molar-refractivity contribution in [2.75, 3.05) is 18.9 Å². The van der Waals surface area contributed by atoms with Crippen LogP contribution < -0.4 is 21.7 Å². The first-order chi connectivity index (χ1) is 26.2. The maximum absolute atomic E-state index is 13.4. The Hall–Kier alpha value is -3.76. The second kappa shape index (κ2) is 22.6. The molecule has 0 aliphatic heterocycles. The molecule has 54 heavy (non-hydrogen) atoms. The van der Waals surface area contributed by atoms with E-state index in [1.807, 2.05) is 12.1 Å². The summed E-state index contributed by atoms with van der Waals surface area (Å²) in [5.74, 6) is -0.345. The zero-order chi connectivity index (χ0) is 38.7. The molecule has 2 aromatic heterocycles. The van der Waals surface area contributed by atoms with Crippen LogP contribution in [0.5, 0.6) is 0 Å². The average Bonchev–Trinajstić information content (AvgIpc) is 3.64. The standard InChI is InChI=1S/C44H67N5O4Si/c1-5-6-7-8-9-10-11-12-13-14-15-16-17-18-25-30-39(50)52-34-36(33-49-42(51)40-41(47-35-46-40)48-43(49)45)31-32-53-54(44(2,3)4,37-26-21-19-22-27-37)38-28-23-20-24-29-38/h19-24,26-29,35-36H,5-18,25,30-34H2,1-4H3,(H2,45,48)(H,46,47). The molecule has 3 N–H and O–H groups in total. The smallest absolute Gasteiger partial charge is 0.305 e. The number of rotatable bonds is 26. The number of imidazole rings is 1. The number of aromatic nitrogens is 4. The summed E-state index contributed by atoms with van der Waals surface area (Å²) in [5.41, 5.74) is 6.59. The molecule has 1 atom stereocenters. The highest BCUT2D eigenvalue weighted by Crippen LogP contribution is 2.37. The summed E-state index contributed by atoms with van der Waals surface area (Å²) in [6.07, 6.45) is 21.6. The fraction of sp³-hybridized carbons (Fsp3) is 0.591. The van der Waals surface area contributed by atoms with Crippen LogP contribution in [0.2, 0.25) is 5.04 Å². The quantitative estimate of drug-likeness (QED) is 0.0372. The summed E-state index contributed by atoms with van der Waals surface area (Å²) in [7, 11) is -2.78. The van der Waals surface area contributed by atoms with Gasteiger partial charge in [-0.3, -0.25) is 14.2 Å². The number of nitrogens with zero attached hydrogens (tertiary/aromatic N) is 3. The Morgan fingerprint density at radius 3 is 1.85 bits per heavy atom. The van der Waals surface area contributed by atoms with Crippen LogP contribution in [-0.4, -0.2) is 47.0 Å². The maximum atomic E-state index is 13.4. The average molecular weight is 758 g/mol. The number of carbonyl (C=O) groups excluding carboxylic acids is 1. The number of nitrogens with one attached hydrogen (secondary N) is 1. The Kier molecular flexibility index (Phi) is 18.0. The lowest BCUT2D eigenvalue weighted by Gasteiger charge is -2.43. The molecule has 1 unspecified atom stereocenters. The number of anilines is 1. The minimum absolute atomic E-state index is 0.0848. The number of unbranched alkanes of at least 4 members (excludes halogenated alkanes) is 14. The zero-order valence-electron chi connectivity index (χ0n) is 33.6. The molecule has 4 rings (SSSR count). The van der Waals surface area contributed by atoms with E-state index in [1.54, 1.807) is 0 Å². The van der Waals surface area contributed by atoms with Crippen molar-refractivity contribution in [2.24, 2.45) is 5.92 Å². The van der Waals surface area contributed by atoms with Crippen molar-refractivity contribution in [2.45, 2.75) is 148 Å². The molecular formula is C44H67N5O4Si. The number of benzene rings is 2. The predicted molar refractivity (Wildman–Crippen MR) is 225 cm³/mol. The van der Waals surface area contributed by atoms with Crippen LogP contribution in [0.15, 0.2) is 71.8 Å². The highest BCUT2D eigenvalue weighted by atomic mass is 28.4. The fourth-order valence-corrected chi connectivity index (χ4v) is 12.2. The lowest BCUT2D eigenvalue weighted by Crippen LogP contribution is -2.66. The molecule has 2 aromatic carbocycles. The summed E-state index contributed by atoms with van der Waals surface area (Å²) >= 11 is 0. The summed E-state index contributed by atoms with van der Waals surface area (Å²) in [6.45, 7) is 9.85. The van der Waals surface area contributed by atoms with E-state index in [1.165, 1.54) is 98.3 Å². The lowest BCUT2D eigenvalue weighted by atomic mass is 10.0. The molecule has 2 heterocycles. The van der Waals surface area contributed by atoms with E-state index in [0.29, 0.717) is 25.0 Å². The van der Waals surface area contributed by atoms with Gasteiger partial charge in [0.2, 0.25) is 5.95 Å². The molecule has 0 amide bonds. The van der Waals surface area contributed by atoms with Crippen LogP contribution in [0.1, 0.15) is 137 Å². The highest BCUT2D eigenvalue weighted by Gasteiger charge is 2.50. The van der Waals surface area contributed by atoms with Gasteiger partial charge in [0.15, 0.2) is 11.2 Å². The van der Waals surface area contributed by atoms with Crippen molar-refractivity contribution in [3.8, 4) is 0 Å². The van der Waals surface area contributed by atoms with E-state index in [2.05, 4.69) is 91.2 Å². The molecule has 0 aliphatic rings. The number of esters is 1. The predicted octanol–water partition coefficient (Wildman–Crippen LogP) is 9.09. The van der Waals surface area contributed by atoms with Gasteiger partial charge in [-0.05, 0) is 28.3 Å². The number of H-pyrrole nitrogens is 1. The number of carbonyl (C=O) groups is 1. The van der Waals surface area contributed by atoms with Gasteiger partial charge in [0.25, 0.3) is 13.9 Å². The number of ether oxygens (including phenoxy) is 1. The normalized spacial score (nSPS) is 12.7. The van der Waals surface area contributed by atoms with Crippen molar-refractivity contribution >= 4 is 41.8 Å². The molecule has 0 saturated carbocycles. The van der Waals surface area contributed by atoms with E-state index in [0.717, 1.165) is 19.3 Å². The van der Waals surface area contributed by atoms with Crippen molar-refractivity contribution in [1.82, 2.24) is 19.5 Å². The first kappa shape index (κ1) is 43.0. The Bertz CT molecular complexity index is 1660. The van der Waals surface area contributed by atoms with Crippen molar-refractivity contribution in [3.05, 3.63) is 77.3 Å². The zero-order valence-corrected chi connectivity index (χ0v) is 34.6. The molecule has 9 nitrogen and oxygen atoms in total. The Morgan fingerprint density at radius 2 is 1.33 bits per heavy atom. The van der Waals surface area contributed by atoms with Gasteiger partial charge in [0.1, 0.15) is 0 Å². The van der Waals surface area contributed by atoms with Crippen LogP contribution in [0.4, 0.5) is 5.95 Å². The van der Waals surface area contributed by atoms with E-state index in [9.17, 15) is 9.59 Å². The Morgan fingerprint density at radius 1 is 0.815 bits per heavy atom. The molecule has 0 aliphatic carbocycles. The van der Waals surface area contributed by atoms with Gasteiger partial charge in [0.05, 0.1) is 12.9 Å². The van der Waals surface area contributed by atoms with Crippen LogP contribution in [0, 0.1) is 5.92 Å². The minimum atomic E-state index is -2.78. The maximum Gasteiger partial charge on any atom is 0.305 e.